The number of nitrogens with one attached hydrogen (secondary N) is 1. The quantitative estimate of drug-likeness (QED) is 0.548. The minimum Gasteiger partial charge on any atom is -0.352 e. The van der Waals surface area contributed by atoms with Crippen molar-refractivity contribution in [1.82, 2.24) is 24.4 Å². The Morgan fingerprint density at radius 1 is 1.38 bits per heavy atom. The molecule has 0 aliphatic heterocycles. The third-order valence-corrected chi connectivity index (χ3v) is 7.52. The van der Waals surface area contributed by atoms with E-state index in [1.165, 1.54) is 4.31 Å². The summed E-state index contributed by atoms with van der Waals surface area (Å²) in [6.07, 6.45) is 0.527. The maximum Gasteiger partial charge on any atom is 0.252 e. The lowest BCUT2D eigenvalue weighted by Crippen LogP contribution is -2.32. The topological polar surface area (TPSA) is 97.2 Å². The number of pyridine rings is 1. The molecule has 3 rings (SSSR count). The van der Waals surface area contributed by atoms with Gasteiger partial charge < -0.3 is 5.32 Å². The second-order valence-corrected chi connectivity index (χ2v) is 10.1. The van der Waals surface area contributed by atoms with Gasteiger partial charge in [-0.3, -0.25) is 9.48 Å². The number of amides is 1. The molecule has 0 aromatic carbocycles. The fourth-order valence-electron chi connectivity index (χ4n) is 3.13. The minimum atomic E-state index is -3.21. The SMILES string of the molecule is CCS(=O)(=O)N(C)CCCNC(=O)c1cc(-c2cccs2)nc2c1c(C)nn2C. The van der Waals surface area contributed by atoms with Gasteiger partial charge in [-0.15, -0.1) is 11.3 Å². The van der Waals surface area contributed by atoms with Gasteiger partial charge in [0.25, 0.3) is 5.91 Å². The molecule has 0 radical (unpaired) electrons. The molecule has 10 heteroatoms. The molecular weight excluding hydrogens is 410 g/mol. The average Bonchev–Trinajstić information content (AvgIpc) is 3.33. The number of hydrogen-bond donors (Lipinski definition) is 1. The van der Waals surface area contributed by atoms with Gasteiger partial charge in [0.05, 0.1) is 33.0 Å². The van der Waals surface area contributed by atoms with Crippen molar-refractivity contribution in [3.8, 4) is 10.6 Å². The fraction of sp³-hybridized carbons (Fsp3) is 0.421. The summed E-state index contributed by atoms with van der Waals surface area (Å²) in [5.41, 5.74) is 2.66. The van der Waals surface area contributed by atoms with Gasteiger partial charge >= 0.3 is 0 Å². The molecule has 0 aliphatic carbocycles. The van der Waals surface area contributed by atoms with Crippen molar-refractivity contribution >= 4 is 38.3 Å². The summed E-state index contributed by atoms with van der Waals surface area (Å²) in [7, 11) is 0.156. The van der Waals surface area contributed by atoms with Crippen molar-refractivity contribution in [3.63, 3.8) is 0 Å². The van der Waals surface area contributed by atoms with E-state index < -0.39 is 10.0 Å². The first-order chi connectivity index (χ1) is 13.7. The van der Waals surface area contributed by atoms with Crippen LogP contribution in [-0.4, -0.2) is 59.3 Å². The van der Waals surface area contributed by atoms with Crippen LogP contribution >= 0.6 is 11.3 Å². The Balaban J connectivity index is 1.80. The third kappa shape index (κ3) is 4.49. The van der Waals surface area contributed by atoms with Crippen molar-refractivity contribution in [3.05, 3.63) is 34.8 Å². The zero-order chi connectivity index (χ0) is 21.2. The molecule has 0 bridgehead atoms. The minimum absolute atomic E-state index is 0.0661. The van der Waals surface area contributed by atoms with E-state index in [9.17, 15) is 13.2 Å². The van der Waals surface area contributed by atoms with Crippen LogP contribution < -0.4 is 5.32 Å². The number of carbonyl (C=O) groups excluding carboxylic acids is 1. The van der Waals surface area contributed by atoms with Crippen molar-refractivity contribution < 1.29 is 13.2 Å². The number of thiophene rings is 1. The summed E-state index contributed by atoms with van der Waals surface area (Å²) >= 11 is 1.56. The van der Waals surface area contributed by atoms with Crippen molar-refractivity contribution in [2.24, 2.45) is 7.05 Å². The van der Waals surface area contributed by atoms with Gasteiger partial charge in [0.1, 0.15) is 0 Å². The Kier molecular flexibility index (Phi) is 6.35. The predicted molar refractivity (Wildman–Crippen MR) is 116 cm³/mol. The lowest BCUT2D eigenvalue weighted by atomic mass is 10.1. The number of fused-ring (bicyclic) bond motifs is 1. The van der Waals surface area contributed by atoms with E-state index in [4.69, 9.17) is 4.98 Å². The summed E-state index contributed by atoms with van der Waals surface area (Å²) in [4.78, 5) is 18.6. The molecule has 0 aliphatic rings. The monoisotopic (exact) mass is 435 g/mol. The van der Waals surface area contributed by atoms with Gasteiger partial charge in [-0.2, -0.15) is 5.10 Å². The second kappa shape index (κ2) is 8.60. The molecule has 0 saturated heterocycles. The standard InChI is InChI=1S/C19H25N5O3S2/c1-5-29(26,27)23(3)10-7-9-20-19(25)14-12-15(16-8-6-11-28-16)21-18-17(14)13(2)22-24(18)4/h6,8,11-12H,5,7,9-10H2,1-4H3,(H,20,25). The summed E-state index contributed by atoms with van der Waals surface area (Å²) in [5, 5.41) is 10.0. The number of aromatic nitrogens is 3. The molecule has 1 amide bonds. The highest BCUT2D eigenvalue weighted by Crippen LogP contribution is 2.29. The summed E-state index contributed by atoms with van der Waals surface area (Å²) < 4.78 is 26.6. The van der Waals surface area contributed by atoms with E-state index in [2.05, 4.69) is 10.4 Å². The largest absolute Gasteiger partial charge is 0.352 e. The molecule has 0 saturated carbocycles. The molecule has 3 aromatic rings. The van der Waals surface area contributed by atoms with Crippen LogP contribution in [0.5, 0.6) is 0 Å². The van der Waals surface area contributed by atoms with E-state index >= 15 is 0 Å². The normalized spacial score (nSPS) is 12.0. The van der Waals surface area contributed by atoms with E-state index in [-0.39, 0.29) is 11.7 Å². The van der Waals surface area contributed by atoms with Crippen LogP contribution in [0.25, 0.3) is 21.6 Å². The lowest BCUT2D eigenvalue weighted by Gasteiger charge is -2.16. The first-order valence-electron chi connectivity index (χ1n) is 9.35. The highest BCUT2D eigenvalue weighted by atomic mass is 32.2. The van der Waals surface area contributed by atoms with Gasteiger partial charge in [0.15, 0.2) is 5.65 Å². The Morgan fingerprint density at radius 2 is 2.14 bits per heavy atom. The van der Waals surface area contributed by atoms with Crippen LogP contribution in [0, 0.1) is 6.92 Å². The van der Waals surface area contributed by atoms with Crippen molar-refractivity contribution in [2.45, 2.75) is 20.3 Å². The highest BCUT2D eigenvalue weighted by Gasteiger charge is 2.20. The molecule has 8 nitrogen and oxygen atoms in total. The maximum atomic E-state index is 12.9. The third-order valence-electron chi connectivity index (χ3n) is 4.76. The molecule has 0 spiro atoms. The van der Waals surface area contributed by atoms with Gasteiger partial charge in [-0.1, -0.05) is 6.07 Å². The van der Waals surface area contributed by atoms with Gasteiger partial charge in [0.2, 0.25) is 10.0 Å². The van der Waals surface area contributed by atoms with Crippen LogP contribution in [-0.2, 0) is 17.1 Å². The molecule has 3 aromatic heterocycles. The number of aryl methyl sites for hydroxylation is 2. The number of rotatable bonds is 8. The number of hydrogen-bond acceptors (Lipinski definition) is 6. The Bertz CT molecular complexity index is 1120. The van der Waals surface area contributed by atoms with E-state index in [0.717, 1.165) is 21.7 Å². The summed E-state index contributed by atoms with van der Waals surface area (Å²) in [6, 6.07) is 5.71. The molecule has 3 heterocycles. The fourth-order valence-corrected chi connectivity index (χ4v) is 4.67. The molecule has 156 valence electrons. The Labute approximate surface area is 174 Å². The number of nitrogens with zero attached hydrogens (tertiary/aromatic N) is 4. The van der Waals surface area contributed by atoms with Gasteiger partial charge in [-0.25, -0.2) is 17.7 Å². The molecule has 0 unspecified atom stereocenters. The maximum absolute atomic E-state index is 12.9. The van der Waals surface area contributed by atoms with E-state index in [0.29, 0.717) is 30.7 Å². The Hall–Kier alpha value is -2.30. The van der Waals surface area contributed by atoms with Crippen LogP contribution in [0.4, 0.5) is 0 Å². The second-order valence-electron chi connectivity index (χ2n) is 6.77. The van der Waals surface area contributed by atoms with Crippen LogP contribution in [0.1, 0.15) is 29.4 Å². The smallest absolute Gasteiger partial charge is 0.252 e. The summed E-state index contributed by atoms with van der Waals surface area (Å²) in [5.74, 6) is -0.149. The first-order valence-corrected chi connectivity index (χ1v) is 11.8. The van der Waals surface area contributed by atoms with Crippen molar-refractivity contribution in [1.29, 1.82) is 0 Å². The van der Waals surface area contributed by atoms with E-state index in [1.54, 1.807) is 36.1 Å². The van der Waals surface area contributed by atoms with Gasteiger partial charge in [-0.05, 0) is 37.8 Å². The first kappa shape index (κ1) is 21.4. The highest BCUT2D eigenvalue weighted by molar-refractivity contribution is 7.89. The van der Waals surface area contributed by atoms with Crippen LogP contribution in [0.15, 0.2) is 23.6 Å². The molecular formula is C19H25N5O3S2. The Morgan fingerprint density at radius 3 is 2.79 bits per heavy atom. The zero-order valence-electron chi connectivity index (χ0n) is 17.0. The molecule has 1 N–H and O–H groups in total. The van der Waals surface area contributed by atoms with Crippen LogP contribution in [0.3, 0.4) is 0 Å². The lowest BCUT2D eigenvalue weighted by molar-refractivity contribution is 0.0954. The molecule has 29 heavy (non-hydrogen) atoms. The van der Waals surface area contributed by atoms with Gasteiger partial charge in [0, 0.05) is 27.2 Å². The summed E-state index contributed by atoms with van der Waals surface area (Å²) in [6.45, 7) is 4.20. The van der Waals surface area contributed by atoms with Crippen molar-refractivity contribution in [2.75, 3.05) is 25.9 Å². The van der Waals surface area contributed by atoms with Crippen LogP contribution in [0.2, 0.25) is 0 Å². The zero-order valence-corrected chi connectivity index (χ0v) is 18.6. The predicted octanol–water partition coefficient (Wildman–Crippen LogP) is 2.41. The van der Waals surface area contributed by atoms with E-state index in [1.807, 2.05) is 31.5 Å². The molecule has 0 atom stereocenters. The average molecular weight is 436 g/mol. The molecule has 0 fully saturated rings. The number of carbonyl (C=O) groups is 1. The number of sulfonamides is 1.